The van der Waals surface area contributed by atoms with Gasteiger partial charge in [-0.2, -0.15) is 0 Å². The van der Waals surface area contributed by atoms with Crippen molar-refractivity contribution in [2.24, 2.45) is 0 Å². The van der Waals surface area contributed by atoms with Gasteiger partial charge in [-0.25, -0.2) is 0 Å². The zero-order valence-corrected chi connectivity index (χ0v) is 8.63. The lowest BCUT2D eigenvalue weighted by atomic mass is 9.95. The molecule has 1 atom stereocenters. The van der Waals surface area contributed by atoms with Crippen molar-refractivity contribution in [2.45, 2.75) is 25.3 Å². The Morgan fingerprint density at radius 1 is 1.67 bits per heavy atom. The molecule has 0 aromatic carbocycles. The van der Waals surface area contributed by atoms with Crippen LogP contribution < -0.4 is 5.32 Å². The van der Waals surface area contributed by atoms with E-state index in [1.165, 1.54) is 16.9 Å². The van der Waals surface area contributed by atoms with Crippen LogP contribution in [0.2, 0.25) is 5.02 Å². The lowest BCUT2D eigenvalue weighted by molar-refractivity contribution is 0.502. The summed E-state index contributed by atoms with van der Waals surface area (Å²) in [6.45, 7) is 0. The SMILES string of the molecule is CNC1CCc2c(Cl)csc2C1. The van der Waals surface area contributed by atoms with Gasteiger partial charge in [0.05, 0.1) is 5.02 Å². The molecule has 0 bridgehead atoms. The smallest absolute Gasteiger partial charge is 0.0547 e. The maximum absolute atomic E-state index is 6.04. The summed E-state index contributed by atoms with van der Waals surface area (Å²) in [4.78, 5) is 1.48. The van der Waals surface area contributed by atoms with Crippen molar-refractivity contribution >= 4 is 22.9 Å². The first-order valence-corrected chi connectivity index (χ1v) is 5.49. The van der Waals surface area contributed by atoms with E-state index in [0.29, 0.717) is 6.04 Å². The zero-order chi connectivity index (χ0) is 8.55. The summed E-state index contributed by atoms with van der Waals surface area (Å²) >= 11 is 7.84. The number of halogens is 1. The predicted octanol–water partition coefficient (Wildman–Crippen LogP) is 2.48. The summed E-state index contributed by atoms with van der Waals surface area (Å²) in [7, 11) is 2.03. The molecule has 0 fully saturated rings. The summed E-state index contributed by atoms with van der Waals surface area (Å²) in [5.74, 6) is 0. The van der Waals surface area contributed by atoms with E-state index in [0.717, 1.165) is 17.9 Å². The highest BCUT2D eigenvalue weighted by atomic mass is 35.5. The second-order valence-corrected chi connectivity index (χ2v) is 4.59. The van der Waals surface area contributed by atoms with Crippen LogP contribution in [0.1, 0.15) is 16.9 Å². The van der Waals surface area contributed by atoms with E-state index in [-0.39, 0.29) is 0 Å². The Morgan fingerprint density at radius 2 is 2.50 bits per heavy atom. The van der Waals surface area contributed by atoms with Crippen molar-refractivity contribution in [3.63, 3.8) is 0 Å². The number of fused-ring (bicyclic) bond motifs is 1. The summed E-state index contributed by atoms with van der Waals surface area (Å²) in [5, 5.41) is 6.35. The number of hydrogen-bond acceptors (Lipinski definition) is 2. The maximum Gasteiger partial charge on any atom is 0.0547 e. The molecule has 0 amide bonds. The molecule has 0 aliphatic heterocycles. The Hall–Kier alpha value is -0.0500. The molecule has 1 N–H and O–H groups in total. The van der Waals surface area contributed by atoms with Crippen LogP contribution in [0, 0.1) is 0 Å². The fourth-order valence-corrected chi connectivity index (χ4v) is 3.16. The highest BCUT2D eigenvalue weighted by Gasteiger charge is 2.20. The van der Waals surface area contributed by atoms with Crippen LogP contribution in [0.5, 0.6) is 0 Å². The van der Waals surface area contributed by atoms with Gasteiger partial charge in [0.2, 0.25) is 0 Å². The van der Waals surface area contributed by atoms with Gasteiger partial charge in [-0.05, 0) is 31.9 Å². The Labute approximate surface area is 81.7 Å². The Kier molecular flexibility index (Phi) is 2.40. The largest absolute Gasteiger partial charge is 0.317 e. The summed E-state index contributed by atoms with van der Waals surface area (Å²) in [5.41, 5.74) is 1.40. The topological polar surface area (TPSA) is 12.0 Å². The minimum atomic E-state index is 0.659. The molecular weight excluding hydrogens is 190 g/mol. The Morgan fingerprint density at radius 3 is 3.25 bits per heavy atom. The minimum absolute atomic E-state index is 0.659. The van der Waals surface area contributed by atoms with Gasteiger partial charge in [-0.1, -0.05) is 11.6 Å². The van der Waals surface area contributed by atoms with E-state index < -0.39 is 0 Å². The molecule has 66 valence electrons. The van der Waals surface area contributed by atoms with E-state index in [9.17, 15) is 0 Å². The predicted molar refractivity (Wildman–Crippen MR) is 54.2 cm³/mol. The molecule has 1 unspecified atom stereocenters. The molecule has 3 heteroatoms. The van der Waals surface area contributed by atoms with Crippen molar-refractivity contribution in [2.75, 3.05) is 7.05 Å². The van der Waals surface area contributed by atoms with Gasteiger partial charge in [0, 0.05) is 16.3 Å². The van der Waals surface area contributed by atoms with Gasteiger partial charge < -0.3 is 5.32 Å². The van der Waals surface area contributed by atoms with E-state index in [2.05, 4.69) is 10.7 Å². The van der Waals surface area contributed by atoms with E-state index >= 15 is 0 Å². The lowest BCUT2D eigenvalue weighted by Crippen LogP contribution is -2.30. The van der Waals surface area contributed by atoms with Gasteiger partial charge in [0.1, 0.15) is 0 Å². The van der Waals surface area contributed by atoms with Crippen molar-refractivity contribution in [1.82, 2.24) is 5.32 Å². The molecule has 1 nitrogen and oxygen atoms in total. The first kappa shape index (κ1) is 8.54. The van der Waals surface area contributed by atoms with Crippen LogP contribution >= 0.6 is 22.9 Å². The number of nitrogens with one attached hydrogen (secondary N) is 1. The van der Waals surface area contributed by atoms with E-state index in [1.807, 2.05) is 7.05 Å². The molecule has 1 aromatic heterocycles. The van der Waals surface area contributed by atoms with Gasteiger partial charge in [-0.15, -0.1) is 11.3 Å². The van der Waals surface area contributed by atoms with E-state index in [1.54, 1.807) is 11.3 Å². The standard InChI is InChI=1S/C9H12ClNS/c1-11-6-2-3-7-8(10)5-12-9(7)4-6/h5-6,11H,2-4H2,1H3. The second-order valence-electron chi connectivity index (χ2n) is 3.21. The van der Waals surface area contributed by atoms with Crippen LogP contribution in [0.3, 0.4) is 0 Å². The monoisotopic (exact) mass is 201 g/mol. The summed E-state index contributed by atoms with van der Waals surface area (Å²) in [6.07, 6.45) is 3.52. The summed E-state index contributed by atoms with van der Waals surface area (Å²) in [6, 6.07) is 0.659. The third-order valence-electron chi connectivity index (χ3n) is 2.51. The van der Waals surface area contributed by atoms with Gasteiger partial charge in [-0.3, -0.25) is 0 Å². The first-order valence-electron chi connectivity index (χ1n) is 4.23. The van der Waals surface area contributed by atoms with Crippen molar-refractivity contribution in [3.8, 4) is 0 Å². The Bertz CT molecular complexity index is 282. The molecule has 1 aromatic rings. The number of hydrogen-bond donors (Lipinski definition) is 1. The van der Waals surface area contributed by atoms with Gasteiger partial charge >= 0.3 is 0 Å². The first-order chi connectivity index (χ1) is 5.81. The zero-order valence-electron chi connectivity index (χ0n) is 7.06. The molecule has 1 aliphatic carbocycles. The normalized spacial score (nSPS) is 22.3. The average molecular weight is 202 g/mol. The third-order valence-corrected chi connectivity index (χ3v) is 4.03. The van der Waals surface area contributed by atoms with Crippen LogP contribution in [0.25, 0.3) is 0 Å². The van der Waals surface area contributed by atoms with Crippen LogP contribution in [0.15, 0.2) is 5.38 Å². The van der Waals surface area contributed by atoms with Crippen molar-refractivity contribution in [3.05, 3.63) is 20.8 Å². The van der Waals surface area contributed by atoms with Gasteiger partial charge in [0.15, 0.2) is 0 Å². The lowest BCUT2D eigenvalue weighted by Gasteiger charge is -2.21. The van der Waals surface area contributed by atoms with Crippen molar-refractivity contribution < 1.29 is 0 Å². The molecule has 0 spiro atoms. The van der Waals surface area contributed by atoms with Crippen LogP contribution in [-0.4, -0.2) is 13.1 Å². The van der Waals surface area contributed by atoms with Crippen molar-refractivity contribution in [1.29, 1.82) is 0 Å². The molecule has 0 radical (unpaired) electrons. The molecule has 2 rings (SSSR count). The molecule has 1 heterocycles. The van der Waals surface area contributed by atoms with E-state index in [4.69, 9.17) is 11.6 Å². The minimum Gasteiger partial charge on any atom is -0.317 e. The molecule has 0 saturated carbocycles. The highest BCUT2D eigenvalue weighted by Crippen LogP contribution is 2.33. The summed E-state index contributed by atoms with van der Waals surface area (Å²) < 4.78 is 0. The number of likely N-dealkylation sites (N-methyl/N-ethyl adjacent to an activating group) is 1. The second kappa shape index (κ2) is 3.36. The molecule has 0 saturated heterocycles. The third kappa shape index (κ3) is 1.39. The number of rotatable bonds is 1. The average Bonchev–Trinajstić information content (AvgIpc) is 2.47. The number of thiophene rings is 1. The highest BCUT2D eigenvalue weighted by molar-refractivity contribution is 7.10. The fourth-order valence-electron chi connectivity index (χ4n) is 1.72. The Balaban J connectivity index is 2.24. The van der Waals surface area contributed by atoms with Crippen LogP contribution in [-0.2, 0) is 12.8 Å². The fraction of sp³-hybridized carbons (Fsp3) is 0.556. The van der Waals surface area contributed by atoms with Crippen LogP contribution in [0.4, 0.5) is 0 Å². The molecule has 1 aliphatic rings. The maximum atomic E-state index is 6.04. The van der Waals surface area contributed by atoms with Gasteiger partial charge in [0.25, 0.3) is 0 Å². The molecule has 12 heavy (non-hydrogen) atoms. The quantitative estimate of drug-likeness (QED) is 0.736. The molecular formula is C9H12ClNS.